The van der Waals surface area contributed by atoms with Crippen LogP contribution in [0.3, 0.4) is 0 Å². The molecule has 0 radical (unpaired) electrons. The molecule has 0 amide bonds. The average molecular weight is 270 g/mol. The van der Waals surface area contributed by atoms with Gasteiger partial charge in [0.2, 0.25) is 0 Å². The van der Waals surface area contributed by atoms with Gasteiger partial charge in [0.05, 0.1) is 12.8 Å². The number of rotatable bonds is 5. The lowest BCUT2D eigenvalue weighted by Gasteiger charge is -2.18. The van der Waals surface area contributed by atoms with Gasteiger partial charge in [-0.05, 0) is 56.1 Å². The summed E-state index contributed by atoms with van der Waals surface area (Å²) in [4.78, 5) is 2.53. The Morgan fingerprint density at radius 3 is 2.70 bits per heavy atom. The molecule has 2 aromatic rings. The quantitative estimate of drug-likeness (QED) is 0.896. The first-order valence-electron chi connectivity index (χ1n) is 7.40. The smallest absolute Gasteiger partial charge is 0.125 e. The van der Waals surface area contributed by atoms with Crippen LogP contribution in [0.1, 0.15) is 29.7 Å². The Bertz CT molecular complexity index is 556. The summed E-state index contributed by atoms with van der Waals surface area (Å²) in [5.41, 5.74) is 3.79. The Kier molecular flexibility index (Phi) is 4.07. The molecule has 3 heteroatoms. The molecule has 3 rings (SSSR count). The largest absolute Gasteiger partial charge is 0.467 e. The monoisotopic (exact) mass is 270 g/mol. The summed E-state index contributed by atoms with van der Waals surface area (Å²) < 4.78 is 5.49. The first kappa shape index (κ1) is 13.3. The molecular formula is C17H22N2O. The molecule has 0 atom stereocenters. The Hall–Kier alpha value is -1.74. The molecule has 106 valence electrons. The molecule has 0 aliphatic carbocycles. The van der Waals surface area contributed by atoms with Gasteiger partial charge in [0.1, 0.15) is 5.76 Å². The Balaban J connectivity index is 1.67. The minimum absolute atomic E-state index is 0.746. The number of hydrogen-bond acceptors (Lipinski definition) is 3. The second kappa shape index (κ2) is 6.14. The summed E-state index contributed by atoms with van der Waals surface area (Å²) in [6.45, 7) is 6.32. The van der Waals surface area contributed by atoms with Crippen LogP contribution in [0.5, 0.6) is 0 Å². The number of para-hydroxylation sites is 1. The minimum Gasteiger partial charge on any atom is -0.467 e. The molecule has 2 heterocycles. The van der Waals surface area contributed by atoms with Crippen LogP contribution in [-0.4, -0.2) is 18.0 Å². The van der Waals surface area contributed by atoms with Crippen molar-refractivity contribution in [3.63, 3.8) is 0 Å². The second-order valence-electron chi connectivity index (χ2n) is 5.52. The van der Waals surface area contributed by atoms with Gasteiger partial charge in [0.15, 0.2) is 0 Å². The Labute approximate surface area is 120 Å². The first-order chi connectivity index (χ1) is 9.83. The summed E-state index contributed by atoms with van der Waals surface area (Å²) in [6.07, 6.45) is 4.42. The third kappa shape index (κ3) is 3.05. The molecule has 20 heavy (non-hydrogen) atoms. The molecule has 1 aliphatic rings. The van der Waals surface area contributed by atoms with Crippen LogP contribution in [0, 0.1) is 6.92 Å². The van der Waals surface area contributed by atoms with Crippen LogP contribution < -0.4 is 5.32 Å². The van der Waals surface area contributed by atoms with Crippen molar-refractivity contribution in [3.05, 3.63) is 53.5 Å². The van der Waals surface area contributed by atoms with Crippen LogP contribution in [0.2, 0.25) is 0 Å². The van der Waals surface area contributed by atoms with Gasteiger partial charge in [0.25, 0.3) is 0 Å². The van der Waals surface area contributed by atoms with Crippen LogP contribution in [0.4, 0.5) is 5.69 Å². The van der Waals surface area contributed by atoms with Gasteiger partial charge < -0.3 is 9.73 Å². The van der Waals surface area contributed by atoms with Crippen molar-refractivity contribution in [1.82, 2.24) is 4.90 Å². The van der Waals surface area contributed by atoms with Gasteiger partial charge in [-0.1, -0.05) is 18.2 Å². The van der Waals surface area contributed by atoms with Crippen LogP contribution in [-0.2, 0) is 13.1 Å². The van der Waals surface area contributed by atoms with Crippen molar-refractivity contribution >= 4 is 5.69 Å². The fourth-order valence-corrected chi connectivity index (χ4v) is 2.77. The molecular weight excluding hydrogens is 248 g/mol. The third-order valence-electron chi connectivity index (χ3n) is 4.02. The van der Waals surface area contributed by atoms with E-state index in [1.165, 1.54) is 42.7 Å². The van der Waals surface area contributed by atoms with Gasteiger partial charge in [-0.15, -0.1) is 0 Å². The van der Waals surface area contributed by atoms with Crippen LogP contribution in [0.25, 0.3) is 0 Å². The number of nitrogens with one attached hydrogen (secondary N) is 1. The molecule has 1 fully saturated rings. The van der Waals surface area contributed by atoms with E-state index in [-0.39, 0.29) is 0 Å². The molecule has 3 nitrogen and oxygen atoms in total. The highest BCUT2D eigenvalue weighted by Gasteiger charge is 2.13. The maximum Gasteiger partial charge on any atom is 0.125 e. The van der Waals surface area contributed by atoms with E-state index in [0.29, 0.717) is 0 Å². The molecule has 0 saturated carbocycles. The van der Waals surface area contributed by atoms with E-state index in [4.69, 9.17) is 4.42 Å². The Morgan fingerprint density at radius 1 is 1.15 bits per heavy atom. The van der Waals surface area contributed by atoms with E-state index >= 15 is 0 Å². The van der Waals surface area contributed by atoms with E-state index in [1.54, 1.807) is 6.26 Å². The summed E-state index contributed by atoms with van der Waals surface area (Å²) in [5.74, 6) is 1.01. The molecule has 1 saturated heterocycles. The number of furan rings is 1. The number of anilines is 1. The second-order valence-corrected chi connectivity index (χ2v) is 5.52. The zero-order chi connectivity index (χ0) is 13.8. The lowest BCUT2D eigenvalue weighted by molar-refractivity contribution is 0.332. The van der Waals surface area contributed by atoms with E-state index in [1.807, 2.05) is 6.07 Å². The van der Waals surface area contributed by atoms with Crippen LogP contribution >= 0.6 is 0 Å². The van der Waals surface area contributed by atoms with Crippen molar-refractivity contribution in [3.8, 4) is 0 Å². The number of benzene rings is 1. The highest BCUT2D eigenvalue weighted by Crippen LogP contribution is 2.21. The van der Waals surface area contributed by atoms with Gasteiger partial charge in [-0.3, -0.25) is 4.90 Å². The van der Waals surface area contributed by atoms with Crippen molar-refractivity contribution in [1.29, 1.82) is 0 Å². The van der Waals surface area contributed by atoms with Gasteiger partial charge in [0, 0.05) is 12.2 Å². The lowest BCUT2D eigenvalue weighted by Crippen LogP contribution is -2.19. The predicted molar refractivity (Wildman–Crippen MR) is 81.7 cm³/mol. The number of aryl methyl sites for hydroxylation is 1. The molecule has 0 spiro atoms. The van der Waals surface area contributed by atoms with Gasteiger partial charge in [-0.25, -0.2) is 0 Å². The standard InChI is InChI=1S/C17H22N2O/c1-14-8-11-20-17(14)12-18-16-7-3-2-6-15(16)13-19-9-4-5-10-19/h2-3,6-8,11,18H,4-5,9-10,12-13H2,1H3. The highest BCUT2D eigenvalue weighted by atomic mass is 16.3. The van der Waals surface area contributed by atoms with Crippen molar-refractivity contribution in [2.45, 2.75) is 32.9 Å². The maximum atomic E-state index is 5.49. The summed E-state index contributed by atoms with van der Waals surface area (Å²) >= 11 is 0. The predicted octanol–water partition coefficient (Wildman–Crippen LogP) is 3.80. The van der Waals surface area contributed by atoms with Gasteiger partial charge in [-0.2, -0.15) is 0 Å². The van der Waals surface area contributed by atoms with E-state index in [2.05, 4.69) is 41.4 Å². The van der Waals surface area contributed by atoms with E-state index < -0.39 is 0 Å². The summed E-state index contributed by atoms with van der Waals surface area (Å²) in [6, 6.07) is 10.6. The zero-order valence-electron chi connectivity index (χ0n) is 12.1. The van der Waals surface area contributed by atoms with Crippen molar-refractivity contribution in [2.75, 3.05) is 18.4 Å². The summed E-state index contributed by atoms with van der Waals surface area (Å²) in [7, 11) is 0. The van der Waals surface area contributed by atoms with Crippen molar-refractivity contribution in [2.24, 2.45) is 0 Å². The molecule has 1 aromatic carbocycles. The topological polar surface area (TPSA) is 28.4 Å². The first-order valence-corrected chi connectivity index (χ1v) is 7.40. The normalized spacial score (nSPS) is 15.7. The van der Waals surface area contributed by atoms with Gasteiger partial charge >= 0.3 is 0 Å². The fraction of sp³-hybridized carbons (Fsp3) is 0.412. The minimum atomic E-state index is 0.746. The van der Waals surface area contributed by atoms with E-state index in [0.717, 1.165) is 18.8 Å². The number of nitrogens with zero attached hydrogens (tertiary/aromatic N) is 1. The highest BCUT2D eigenvalue weighted by molar-refractivity contribution is 5.51. The lowest BCUT2D eigenvalue weighted by atomic mass is 10.1. The molecule has 1 aliphatic heterocycles. The van der Waals surface area contributed by atoms with Crippen molar-refractivity contribution < 1.29 is 4.42 Å². The number of hydrogen-bond donors (Lipinski definition) is 1. The molecule has 1 N–H and O–H groups in total. The average Bonchev–Trinajstić information content (AvgIpc) is 3.10. The maximum absolute atomic E-state index is 5.49. The number of likely N-dealkylation sites (tertiary alicyclic amines) is 1. The molecule has 1 aromatic heterocycles. The van der Waals surface area contributed by atoms with E-state index in [9.17, 15) is 0 Å². The molecule has 0 unspecified atom stereocenters. The van der Waals surface area contributed by atoms with Crippen LogP contribution in [0.15, 0.2) is 41.0 Å². The fourth-order valence-electron chi connectivity index (χ4n) is 2.77. The summed E-state index contributed by atoms with van der Waals surface area (Å²) in [5, 5.41) is 3.51. The SMILES string of the molecule is Cc1ccoc1CNc1ccccc1CN1CCCC1. The zero-order valence-corrected chi connectivity index (χ0v) is 12.1. The third-order valence-corrected chi connectivity index (χ3v) is 4.02. The Morgan fingerprint density at radius 2 is 1.95 bits per heavy atom. The molecule has 0 bridgehead atoms.